The number of phenolic OH excluding ortho intramolecular Hbond substituents is 1. The molecule has 0 unspecified atom stereocenters. The molecule has 20 heavy (non-hydrogen) atoms. The minimum absolute atomic E-state index is 0.176. The number of nitrogen functional groups attached to an aromatic ring is 1. The van der Waals surface area contributed by atoms with Crippen LogP contribution in [0.15, 0.2) is 54.6 Å². The number of aromatic hydroxyl groups is 1. The second-order valence-corrected chi connectivity index (χ2v) is 4.35. The molecular weight excluding hydrogens is 252 g/mol. The van der Waals surface area contributed by atoms with E-state index in [4.69, 9.17) is 5.73 Å². The number of anilines is 1. The van der Waals surface area contributed by atoms with Gasteiger partial charge in [-0.2, -0.15) is 0 Å². The van der Waals surface area contributed by atoms with E-state index in [1.165, 1.54) is 6.08 Å². The van der Waals surface area contributed by atoms with E-state index in [0.717, 1.165) is 5.56 Å². The van der Waals surface area contributed by atoms with Gasteiger partial charge in [-0.3, -0.25) is 4.79 Å². The van der Waals surface area contributed by atoms with Gasteiger partial charge in [0.2, 0.25) is 5.91 Å². The number of rotatable bonds is 4. The largest absolute Gasteiger partial charge is 0.508 e. The SMILES string of the molecule is Nc1ccc(/C=C/C(=O)NCc2ccccc2O)cc1. The lowest BCUT2D eigenvalue weighted by Gasteiger charge is -2.04. The Hall–Kier alpha value is -2.75. The summed E-state index contributed by atoms with van der Waals surface area (Å²) in [5.41, 5.74) is 7.85. The van der Waals surface area contributed by atoms with Crippen LogP contribution in [0.5, 0.6) is 5.75 Å². The van der Waals surface area contributed by atoms with Crippen molar-refractivity contribution in [3.8, 4) is 5.75 Å². The molecule has 2 rings (SSSR count). The minimum atomic E-state index is -0.218. The summed E-state index contributed by atoms with van der Waals surface area (Å²) in [6.07, 6.45) is 3.16. The molecule has 2 aromatic rings. The second-order valence-electron chi connectivity index (χ2n) is 4.35. The lowest BCUT2D eigenvalue weighted by atomic mass is 10.2. The fourth-order valence-corrected chi connectivity index (χ4v) is 1.68. The summed E-state index contributed by atoms with van der Waals surface area (Å²) in [4.78, 5) is 11.7. The first-order valence-electron chi connectivity index (χ1n) is 6.23. The molecule has 0 fully saturated rings. The van der Waals surface area contributed by atoms with Gasteiger partial charge in [0.15, 0.2) is 0 Å². The van der Waals surface area contributed by atoms with E-state index in [1.54, 1.807) is 36.4 Å². The predicted octanol–water partition coefficient (Wildman–Crippen LogP) is 2.30. The number of nitrogens with one attached hydrogen (secondary N) is 1. The molecule has 0 bridgehead atoms. The highest BCUT2D eigenvalue weighted by molar-refractivity contribution is 5.91. The molecule has 0 atom stereocenters. The summed E-state index contributed by atoms with van der Waals surface area (Å²) in [5, 5.41) is 12.3. The molecule has 0 saturated carbocycles. The quantitative estimate of drug-likeness (QED) is 0.588. The fourth-order valence-electron chi connectivity index (χ4n) is 1.68. The number of amides is 1. The first kappa shape index (κ1) is 13.7. The Labute approximate surface area is 117 Å². The van der Waals surface area contributed by atoms with E-state index >= 15 is 0 Å². The molecule has 0 spiro atoms. The minimum Gasteiger partial charge on any atom is -0.508 e. The van der Waals surface area contributed by atoms with Crippen molar-refractivity contribution in [2.45, 2.75) is 6.54 Å². The number of carbonyl (C=O) groups is 1. The molecule has 4 N–H and O–H groups in total. The third kappa shape index (κ3) is 3.88. The topological polar surface area (TPSA) is 75.4 Å². The normalized spacial score (nSPS) is 10.6. The van der Waals surface area contributed by atoms with E-state index in [-0.39, 0.29) is 18.2 Å². The van der Waals surface area contributed by atoms with Gasteiger partial charge >= 0.3 is 0 Å². The van der Waals surface area contributed by atoms with Crippen LogP contribution in [0, 0.1) is 0 Å². The lowest BCUT2D eigenvalue weighted by molar-refractivity contribution is -0.116. The molecule has 4 nitrogen and oxygen atoms in total. The molecule has 0 aliphatic rings. The zero-order valence-corrected chi connectivity index (χ0v) is 10.9. The highest BCUT2D eigenvalue weighted by atomic mass is 16.3. The Kier molecular flexibility index (Phi) is 4.39. The summed E-state index contributed by atoms with van der Waals surface area (Å²) < 4.78 is 0. The third-order valence-corrected chi connectivity index (χ3v) is 2.81. The number of nitrogens with two attached hydrogens (primary N) is 1. The van der Waals surface area contributed by atoms with Crippen molar-refractivity contribution in [2.75, 3.05) is 5.73 Å². The Morgan fingerprint density at radius 2 is 1.85 bits per heavy atom. The van der Waals surface area contributed by atoms with Gasteiger partial charge in [0, 0.05) is 23.9 Å². The van der Waals surface area contributed by atoms with Gasteiger partial charge in [0.25, 0.3) is 0 Å². The number of benzene rings is 2. The van der Waals surface area contributed by atoms with Crippen LogP contribution in [0.1, 0.15) is 11.1 Å². The van der Waals surface area contributed by atoms with Gasteiger partial charge in [-0.1, -0.05) is 30.3 Å². The molecule has 0 radical (unpaired) electrons. The average molecular weight is 268 g/mol. The number of carbonyl (C=O) groups excluding carboxylic acids is 1. The monoisotopic (exact) mass is 268 g/mol. The summed E-state index contributed by atoms with van der Waals surface area (Å²) in [7, 11) is 0. The van der Waals surface area contributed by atoms with Crippen LogP contribution in [0.4, 0.5) is 5.69 Å². The maximum atomic E-state index is 11.7. The lowest BCUT2D eigenvalue weighted by Crippen LogP contribution is -2.20. The standard InChI is InChI=1S/C16H16N2O2/c17-14-8-5-12(6-9-14)7-10-16(20)18-11-13-3-1-2-4-15(13)19/h1-10,19H,11,17H2,(H,18,20)/b10-7+. The van der Waals surface area contributed by atoms with Crippen LogP contribution in [0.3, 0.4) is 0 Å². The summed E-state index contributed by atoms with van der Waals surface area (Å²) in [6.45, 7) is 0.289. The molecule has 102 valence electrons. The van der Waals surface area contributed by atoms with Crippen LogP contribution in [0.25, 0.3) is 6.08 Å². The van der Waals surface area contributed by atoms with Crippen molar-refractivity contribution >= 4 is 17.7 Å². The van der Waals surface area contributed by atoms with Gasteiger partial charge < -0.3 is 16.2 Å². The van der Waals surface area contributed by atoms with Gasteiger partial charge in [0.1, 0.15) is 5.75 Å². The van der Waals surface area contributed by atoms with Crippen LogP contribution >= 0.6 is 0 Å². The van der Waals surface area contributed by atoms with Crippen molar-refractivity contribution in [1.29, 1.82) is 0 Å². The predicted molar refractivity (Wildman–Crippen MR) is 79.8 cm³/mol. The van der Waals surface area contributed by atoms with Crippen LogP contribution in [0.2, 0.25) is 0 Å². The van der Waals surface area contributed by atoms with E-state index < -0.39 is 0 Å². The maximum Gasteiger partial charge on any atom is 0.244 e. The number of hydrogen-bond acceptors (Lipinski definition) is 3. The Balaban J connectivity index is 1.90. The molecule has 0 aromatic heterocycles. The molecule has 0 aliphatic heterocycles. The Bertz CT molecular complexity index is 619. The smallest absolute Gasteiger partial charge is 0.244 e. The molecule has 0 aliphatic carbocycles. The summed E-state index contributed by atoms with van der Waals surface area (Å²) in [5.74, 6) is -0.0413. The van der Waals surface area contributed by atoms with E-state index in [9.17, 15) is 9.90 Å². The third-order valence-electron chi connectivity index (χ3n) is 2.81. The highest BCUT2D eigenvalue weighted by Gasteiger charge is 2.01. The van der Waals surface area contributed by atoms with Crippen molar-refractivity contribution in [1.82, 2.24) is 5.32 Å². The molecule has 0 heterocycles. The maximum absolute atomic E-state index is 11.7. The molecule has 2 aromatic carbocycles. The first-order chi connectivity index (χ1) is 9.65. The average Bonchev–Trinajstić information content (AvgIpc) is 2.46. The molecular formula is C16H16N2O2. The Morgan fingerprint density at radius 1 is 1.15 bits per heavy atom. The zero-order valence-electron chi connectivity index (χ0n) is 10.9. The number of phenols is 1. The molecule has 0 saturated heterocycles. The van der Waals surface area contributed by atoms with Gasteiger partial charge in [-0.15, -0.1) is 0 Å². The van der Waals surface area contributed by atoms with Crippen LogP contribution in [-0.4, -0.2) is 11.0 Å². The van der Waals surface area contributed by atoms with Gasteiger partial charge in [-0.05, 0) is 29.8 Å². The summed E-state index contributed by atoms with van der Waals surface area (Å²) in [6, 6.07) is 14.1. The molecule has 1 amide bonds. The van der Waals surface area contributed by atoms with Crippen molar-refractivity contribution in [3.63, 3.8) is 0 Å². The van der Waals surface area contributed by atoms with E-state index in [2.05, 4.69) is 5.32 Å². The van der Waals surface area contributed by atoms with Gasteiger partial charge in [-0.25, -0.2) is 0 Å². The van der Waals surface area contributed by atoms with Gasteiger partial charge in [0.05, 0.1) is 0 Å². The Morgan fingerprint density at radius 3 is 2.55 bits per heavy atom. The molecule has 4 heteroatoms. The number of hydrogen-bond donors (Lipinski definition) is 3. The van der Waals surface area contributed by atoms with Crippen molar-refractivity contribution in [3.05, 3.63) is 65.7 Å². The van der Waals surface area contributed by atoms with Crippen molar-refractivity contribution < 1.29 is 9.90 Å². The van der Waals surface area contributed by atoms with Crippen molar-refractivity contribution in [2.24, 2.45) is 0 Å². The summed E-state index contributed by atoms with van der Waals surface area (Å²) >= 11 is 0. The fraction of sp³-hybridized carbons (Fsp3) is 0.0625. The van der Waals surface area contributed by atoms with E-state index in [1.807, 2.05) is 18.2 Å². The second kappa shape index (κ2) is 6.43. The van der Waals surface area contributed by atoms with Crippen LogP contribution in [-0.2, 0) is 11.3 Å². The zero-order chi connectivity index (χ0) is 14.4. The van der Waals surface area contributed by atoms with E-state index in [0.29, 0.717) is 11.3 Å². The van der Waals surface area contributed by atoms with Crippen LogP contribution < -0.4 is 11.1 Å². The highest BCUT2D eigenvalue weighted by Crippen LogP contribution is 2.14. The number of para-hydroxylation sites is 1. The first-order valence-corrected chi connectivity index (χ1v) is 6.23.